The highest BCUT2D eigenvalue weighted by Gasteiger charge is 2.40. The summed E-state index contributed by atoms with van der Waals surface area (Å²) in [4.78, 5) is 0. The fourth-order valence-corrected chi connectivity index (χ4v) is 2.44. The van der Waals surface area contributed by atoms with Crippen molar-refractivity contribution in [1.82, 2.24) is 5.06 Å². The Hall–Kier alpha value is -0.610. The molecule has 1 fully saturated rings. The van der Waals surface area contributed by atoms with Crippen molar-refractivity contribution in [3.8, 4) is 0 Å². The van der Waals surface area contributed by atoms with Crippen LogP contribution < -0.4 is 0 Å². The minimum absolute atomic E-state index is 0.0998. The lowest BCUT2D eigenvalue weighted by molar-refractivity contribution is -0.267. The average molecular weight is 256 g/mol. The molecule has 0 amide bonds. The second-order valence-electron chi connectivity index (χ2n) is 5.18. The van der Waals surface area contributed by atoms with Crippen molar-refractivity contribution in [1.29, 1.82) is 0 Å². The molecule has 1 heterocycles. The summed E-state index contributed by atoms with van der Waals surface area (Å²) in [5.74, 6) is 0. The van der Waals surface area contributed by atoms with Gasteiger partial charge < -0.3 is 9.94 Å². The van der Waals surface area contributed by atoms with Crippen LogP contribution in [0.25, 0.3) is 0 Å². The molecule has 2 rings (SSSR count). The first-order chi connectivity index (χ1) is 7.92. The number of hydrogen-bond acceptors (Lipinski definition) is 3. The van der Waals surface area contributed by atoms with Gasteiger partial charge in [-0.05, 0) is 38.5 Å². The van der Waals surface area contributed by atoms with E-state index in [1.54, 1.807) is 0 Å². The predicted molar refractivity (Wildman–Crippen MR) is 67.3 cm³/mol. The second-order valence-corrected chi connectivity index (χ2v) is 5.62. The third-order valence-electron chi connectivity index (χ3n) is 3.24. The zero-order chi connectivity index (χ0) is 12.6. The summed E-state index contributed by atoms with van der Waals surface area (Å²) in [6.45, 7) is 6.35. The van der Waals surface area contributed by atoms with E-state index >= 15 is 0 Å². The Morgan fingerprint density at radius 1 is 1.47 bits per heavy atom. The van der Waals surface area contributed by atoms with Gasteiger partial charge in [0, 0.05) is 5.02 Å². The van der Waals surface area contributed by atoms with E-state index in [1.807, 2.05) is 45.0 Å². The van der Waals surface area contributed by atoms with Crippen molar-refractivity contribution in [3.63, 3.8) is 0 Å². The number of rotatable bonds is 1. The van der Waals surface area contributed by atoms with Crippen molar-refractivity contribution in [3.05, 3.63) is 34.9 Å². The lowest BCUT2D eigenvalue weighted by atomic mass is 9.95. The standard InChI is InChI=1S/C13H18ClNO2/c1-9-12(10-5-4-6-11(14)7-10)17-8-13(2,3)15(9)16/h4-7,9,12,16H,8H2,1-3H3. The maximum Gasteiger partial charge on any atom is 0.100 e. The Bertz CT molecular complexity index is 408. The van der Waals surface area contributed by atoms with E-state index in [9.17, 15) is 5.21 Å². The molecule has 1 N–H and O–H groups in total. The van der Waals surface area contributed by atoms with Crippen molar-refractivity contribution >= 4 is 11.6 Å². The van der Waals surface area contributed by atoms with Crippen molar-refractivity contribution in [2.75, 3.05) is 6.61 Å². The lowest BCUT2D eigenvalue weighted by Gasteiger charge is -2.46. The van der Waals surface area contributed by atoms with Crippen LogP contribution in [0.4, 0.5) is 0 Å². The van der Waals surface area contributed by atoms with Gasteiger partial charge in [-0.15, -0.1) is 0 Å². The first-order valence-electron chi connectivity index (χ1n) is 5.77. The van der Waals surface area contributed by atoms with Crippen LogP contribution in [0.3, 0.4) is 0 Å². The van der Waals surface area contributed by atoms with Crippen LogP contribution in [0.5, 0.6) is 0 Å². The normalized spacial score (nSPS) is 29.2. The van der Waals surface area contributed by atoms with E-state index in [4.69, 9.17) is 16.3 Å². The van der Waals surface area contributed by atoms with Crippen molar-refractivity contribution in [2.45, 2.75) is 38.5 Å². The van der Waals surface area contributed by atoms with Crippen LogP contribution in [0.2, 0.25) is 5.02 Å². The molecule has 0 aromatic heterocycles. The van der Waals surface area contributed by atoms with E-state index in [1.165, 1.54) is 5.06 Å². The van der Waals surface area contributed by atoms with E-state index < -0.39 is 0 Å². The smallest absolute Gasteiger partial charge is 0.100 e. The highest BCUT2D eigenvalue weighted by atomic mass is 35.5. The van der Waals surface area contributed by atoms with E-state index in [0.717, 1.165) is 5.56 Å². The summed E-state index contributed by atoms with van der Waals surface area (Å²) in [7, 11) is 0. The number of halogens is 1. The van der Waals surface area contributed by atoms with Gasteiger partial charge in [-0.1, -0.05) is 23.7 Å². The van der Waals surface area contributed by atoms with Crippen LogP contribution in [-0.4, -0.2) is 28.5 Å². The van der Waals surface area contributed by atoms with Gasteiger partial charge >= 0.3 is 0 Å². The molecule has 1 aliphatic rings. The molecular weight excluding hydrogens is 238 g/mol. The molecule has 17 heavy (non-hydrogen) atoms. The zero-order valence-electron chi connectivity index (χ0n) is 10.4. The summed E-state index contributed by atoms with van der Waals surface area (Å²) >= 11 is 5.97. The fraction of sp³-hybridized carbons (Fsp3) is 0.538. The summed E-state index contributed by atoms with van der Waals surface area (Å²) in [6, 6.07) is 7.49. The highest BCUT2D eigenvalue weighted by Crippen LogP contribution is 2.34. The quantitative estimate of drug-likeness (QED) is 0.836. The molecule has 0 spiro atoms. The van der Waals surface area contributed by atoms with Crippen LogP contribution in [0.15, 0.2) is 24.3 Å². The maximum atomic E-state index is 10.1. The van der Waals surface area contributed by atoms with E-state index in [0.29, 0.717) is 11.6 Å². The Morgan fingerprint density at radius 3 is 2.82 bits per heavy atom. The Morgan fingerprint density at radius 2 is 2.18 bits per heavy atom. The molecule has 1 saturated heterocycles. The number of hydrogen-bond donors (Lipinski definition) is 1. The summed E-state index contributed by atoms with van der Waals surface area (Å²) in [5.41, 5.74) is 0.647. The van der Waals surface area contributed by atoms with E-state index in [2.05, 4.69) is 0 Å². The number of nitrogens with zero attached hydrogens (tertiary/aromatic N) is 1. The molecule has 4 heteroatoms. The van der Waals surface area contributed by atoms with Gasteiger partial charge in [-0.2, -0.15) is 5.06 Å². The molecule has 0 radical (unpaired) electrons. The molecule has 94 valence electrons. The monoisotopic (exact) mass is 255 g/mol. The zero-order valence-corrected chi connectivity index (χ0v) is 11.1. The van der Waals surface area contributed by atoms with Gasteiger partial charge in [0.1, 0.15) is 6.10 Å². The molecule has 2 atom stereocenters. The van der Waals surface area contributed by atoms with Gasteiger partial charge in [-0.3, -0.25) is 0 Å². The predicted octanol–water partition coefficient (Wildman–Crippen LogP) is 3.27. The molecule has 0 bridgehead atoms. The van der Waals surface area contributed by atoms with Crippen LogP contribution in [0, 0.1) is 0 Å². The maximum absolute atomic E-state index is 10.1. The lowest BCUT2D eigenvalue weighted by Crippen LogP contribution is -2.56. The Labute approximate surface area is 107 Å². The first kappa shape index (κ1) is 12.8. The van der Waals surface area contributed by atoms with Crippen molar-refractivity contribution < 1.29 is 9.94 Å². The fourth-order valence-electron chi connectivity index (χ4n) is 2.24. The summed E-state index contributed by atoms with van der Waals surface area (Å²) in [6.07, 6.45) is -0.147. The van der Waals surface area contributed by atoms with Crippen molar-refractivity contribution in [2.24, 2.45) is 0 Å². The average Bonchev–Trinajstić information content (AvgIpc) is 2.26. The molecule has 2 unspecified atom stereocenters. The van der Waals surface area contributed by atoms with Crippen LogP contribution in [-0.2, 0) is 4.74 Å². The second kappa shape index (κ2) is 4.58. The molecule has 0 aliphatic carbocycles. The van der Waals surface area contributed by atoms with Crippen LogP contribution >= 0.6 is 11.6 Å². The highest BCUT2D eigenvalue weighted by molar-refractivity contribution is 6.30. The summed E-state index contributed by atoms with van der Waals surface area (Å²) < 4.78 is 5.86. The van der Waals surface area contributed by atoms with Gasteiger partial charge in [-0.25, -0.2) is 0 Å². The molecule has 1 aliphatic heterocycles. The SMILES string of the molecule is CC1C(c2cccc(Cl)c2)OCC(C)(C)N1O. The minimum Gasteiger partial charge on any atom is -0.370 e. The Balaban J connectivity index is 2.24. The molecule has 0 saturated carbocycles. The van der Waals surface area contributed by atoms with Gasteiger partial charge in [0.15, 0.2) is 0 Å². The molecular formula is C13H18ClNO2. The first-order valence-corrected chi connectivity index (χ1v) is 6.15. The third kappa shape index (κ3) is 2.47. The largest absolute Gasteiger partial charge is 0.370 e. The number of morpholine rings is 1. The number of ether oxygens (including phenoxy) is 1. The van der Waals surface area contributed by atoms with Crippen LogP contribution in [0.1, 0.15) is 32.4 Å². The molecule has 1 aromatic rings. The third-order valence-corrected chi connectivity index (χ3v) is 3.47. The topological polar surface area (TPSA) is 32.7 Å². The van der Waals surface area contributed by atoms with E-state index in [-0.39, 0.29) is 17.7 Å². The minimum atomic E-state index is -0.353. The van der Waals surface area contributed by atoms with Gasteiger partial charge in [0.2, 0.25) is 0 Å². The summed E-state index contributed by atoms with van der Waals surface area (Å²) in [5, 5.41) is 12.2. The molecule has 1 aromatic carbocycles. The van der Waals surface area contributed by atoms with Gasteiger partial charge in [0.25, 0.3) is 0 Å². The number of benzene rings is 1. The number of hydroxylamine groups is 2. The van der Waals surface area contributed by atoms with Gasteiger partial charge in [0.05, 0.1) is 18.2 Å². The molecule has 3 nitrogen and oxygen atoms in total. The Kier molecular flexibility index (Phi) is 3.46.